The molecule has 238 valence electrons. The van der Waals surface area contributed by atoms with E-state index in [1.54, 1.807) is 0 Å². The second-order valence-electron chi connectivity index (χ2n) is 12.3. The minimum absolute atomic E-state index is 0.00464. The predicted molar refractivity (Wildman–Crippen MR) is 183 cm³/mol. The Morgan fingerprint density at radius 1 is 0.804 bits per heavy atom. The van der Waals surface area contributed by atoms with Crippen LogP contribution >= 0.6 is 0 Å². The highest BCUT2D eigenvalue weighted by atomic mass is 16.7. The van der Waals surface area contributed by atoms with Gasteiger partial charge in [-0.1, -0.05) is 104 Å². The fourth-order valence-electron chi connectivity index (χ4n) is 6.45. The SMILES string of the molecule is CCNC(=O)NCc1ccc(C2O[C@H](CN(C)Cc3c4ccccc4cc4ccccc34)[C@H](C)[C@H](c3ccc(CO)cc3)O2)cc1. The summed E-state index contributed by atoms with van der Waals surface area (Å²) in [6, 6.07) is 35.4. The van der Waals surface area contributed by atoms with E-state index in [0.717, 1.165) is 35.3 Å². The molecular weight excluding hydrogens is 574 g/mol. The predicted octanol–water partition coefficient (Wildman–Crippen LogP) is 7.23. The highest BCUT2D eigenvalue weighted by Gasteiger charge is 2.39. The van der Waals surface area contributed by atoms with E-state index in [4.69, 9.17) is 9.47 Å². The van der Waals surface area contributed by atoms with Gasteiger partial charge in [-0.15, -0.1) is 0 Å². The molecule has 1 fully saturated rings. The monoisotopic (exact) mass is 617 g/mol. The molecule has 1 heterocycles. The third-order valence-corrected chi connectivity index (χ3v) is 8.97. The van der Waals surface area contributed by atoms with Gasteiger partial charge in [0.2, 0.25) is 0 Å². The van der Waals surface area contributed by atoms with Crippen molar-refractivity contribution in [1.29, 1.82) is 0 Å². The Balaban J connectivity index is 1.25. The van der Waals surface area contributed by atoms with Crippen molar-refractivity contribution in [3.05, 3.63) is 131 Å². The molecule has 7 heteroatoms. The maximum atomic E-state index is 11.9. The third-order valence-electron chi connectivity index (χ3n) is 8.97. The molecule has 0 bridgehead atoms. The summed E-state index contributed by atoms with van der Waals surface area (Å²) in [5.74, 6) is 0.0727. The molecule has 0 radical (unpaired) electrons. The highest BCUT2D eigenvalue weighted by Crippen LogP contribution is 2.42. The van der Waals surface area contributed by atoms with Gasteiger partial charge in [0, 0.05) is 37.7 Å². The largest absolute Gasteiger partial charge is 0.392 e. The molecular formula is C39H43N3O4. The van der Waals surface area contributed by atoms with Gasteiger partial charge in [0.15, 0.2) is 6.29 Å². The topological polar surface area (TPSA) is 83.1 Å². The van der Waals surface area contributed by atoms with E-state index in [-0.39, 0.29) is 30.8 Å². The molecule has 0 aliphatic carbocycles. The molecule has 5 aromatic carbocycles. The lowest BCUT2D eigenvalue weighted by molar-refractivity contribution is -0.276. The Bertz CT molecular complexity index is 1720. The quantitative estimate of drug-likeness (QED) is 0.144. The van der Waals surface area contributed by atoms with Crippen LogP contribution in [-0.2, 0) is 29.2 Å². The van der Waals surface area contributed by atoms with E-state index < -0.39 is 6.29 Å². The number of hydrogen-bond acceptors (Lipinski definition) is 5. The van der Waals surface area contributed by atoms with Gasteiger partial charge in [-0.25, -0.2) is 4.79 Å². The Morgan fingerprint density at radius 2 is 1.41 bits per heavy atom. The van der Waals surface area contributed by atoms with E-state index >= 15 is 0 Å². The number of rotatable bonds is 10. The molecule has 0 saturated carbocycles. The second kappa shape index (κ2) is 14.4. The van der Waals surface area contributed by atoms with Crippen LogP contribution < -0.4 is 10.6 Å². The van der Waals surface area contributed by atoms with E-state index in [2.05, 4.69) is 84.1 Å². The summed E-state index contributed by atoms with van der Waals surface area (Å²) in [6.07, 6.45) is -0.852. The van der Waals surface area contributed by atoms with E-state index in [1.165, 1.54) is 27.1 Å². The van der Waals surface area contributed by atoms with Crippen LogP contribution in [0.15, 0.2) is 103 Å². The van der Waals surface area contributed by atoms with Crippen LogP contribution in [0.4, 0.5) is 4.79 Å². The number of carbonyl (C=O) groups is 1. The fraction of sp³-hybridized carbons (Fsp3) is 0.308. The maximum Gasteiger partial charge on any atom is 0.315 e. The van der Waals surface area contributed by atoms with Gasteiger partial charge in [-0.3, -0.25) is 4.90 Å². The Hall–Kier alpha value is -4.27. The zero-order chi connectivity index (χ0) is 32.0. The van der Waals surface area contributed by atoms with Crippen molar-refractivity contribution in [2.45, 2.75) is 52.0 Å². The van der Waals surface area contributed by atoms with Crippen molar-refractivity contribution in [3.63, 3.8) is 0 Å². The van der Waals surface area contributed by atoms with Crippen molar-refractivity contribution in [2.24, 2.45) is 5.92 Å². The lowest BCUT2D eigenvalue weighted by atomic mass is 9.89. The summed E-state index contributed by atoms with van der Waals surface area (Å²) >= 11 is 0. The molecule has 0 spiro atoms. The molecule has 5 aromatic rings. The Morgan fingerprint density at radius 3 is 2.04 bits per heavy atom. The Kier molecular flexibility index (Phi) is 9.95. The summed E-state index contributed by atoms with van der Waals surface area (Å²) < 4.78 is 13.4. The first-order valence-electron chi connectivity index (χ1n) is 16.1. The van der Waals surface area contributed by atoms with Crippen LogP contribution in [0.3, 0.4) is 0 Å². The number of nitrogens with zero attached hydrogens (tertiary/aromatic N) is 1. The van der Waals surface area contributed by atoms with Gasteiger partial charge in [-0.05, 0) is 63.8 Å². The van der Waals surface area contributed by atoms with Crippen LogP contribution in [0.5, 0.6) is 0 Å². The molecule has 4 atom stereocenters. The average molecular weight is 618 g/mol. The molecule has 1 unspecified atom stereocenters. The minimum atomic E-state index is -0.555. The summed E-state index contributed by atoms with van der Waals surface area (Å²) in [6.45, 7) is 6.61. The minimum Gasteiger partial charge on any atom is -0.392 e. The molecule has 3 N–H and O–H groups in total. The molecule has 1 saturated heterocycles. The van der Waals surface area contributed by atoms with Crippen molar-refractivity contribution >= 4 is 27.6 Å². The molecule has 6 rings (SSSR count). The first kappa shape index (κ1) is 31.7. The summed E-state index contributed by atoms with van der Waals surface area (Å²) in [4.78, 5) is 14.2. The summed E-state index contributed by atoms with van der Waals surface area (Å²) in [7, 11) is 2.17. The first-order valence-corrected chi connectivity index (χ1v) is 16.1. The van der Waals surface area contributed by atoms with Gasteiger partial charge < -0.3 is 25.2 Å². The fourth-order valence-corrected chi connectivity index (χ4v) is 6.45. The normalized spacial score (nSPS) is 19.8. The van der Waals surface area contributed by atoms with Crippen molar-refractivity contribution in [2.75, 3.05) is 20.1 Å². The van der Waals surface area contributed by atoms with Gasteiger partial charge in [0.25, 0.3) is 0 Å². The highest BCUT2D eigenvalue weighted by molar-refractivity contribution is 6.02. The van der Waals surface area contributed by atoms with Crippen LogP contribution in [-0.4, -0.2) is 42.3 Å². The van der Waals surface area contributed by atoms with Crippen molar-refractivity contribution in [3.8, 4) is 0 Å². The number of carbonyl (C=O) groups excluding carboxylic acids is 1. The zero-order valence-electron chi connectivity index (χ0n) is 26.8. The van der Waals surface area contributed by atoms with Gasteiger partial charge in [0.1, 0.15) is 0 Å². The number of urea groups is 1. The standard InChI is InChI=1S/C39H43N3O4/c1-4-40-39(44)41-22-27-13-19-30(20-14-27)38-45-36(26(2)37(46-38)29-17-15-28(25-43)16-18-29)24-42(3)23-35-33-11-7-5-9-31(33)21-32-10-6-8-12-34(32)35/h5-21,26,36-38,43H,4,22-25H2,1-3H3,(H2,40,41,44)/t26-,36+,37+,38?/m0/s1. The number of amides is 2. The van der Waals surface area contributed by atoms with Gasteiger partial charge >= 0.3 is 6.03 Å². The number of ether oxygens (including phenoxy) is 2. The first-order chi connectivity index (χ1) is 22.4. The van der Waals surface area contributed by atoms with Crippen LogP contribution in [0.2, 0.25) is 0 Å². The maximum absolute atomic E-state index is 11.9. The van der Waals surface area contributed by atoms with Crippen LogP contribution in [0.1, 0.15) is 54.1 Å². The number of hydrogen-bond donors (Lipinski definition) is 3. The zero-order valence-corrected chi connectivity index (χ0v) is 26.8. The molecule has 1 aliphatic heterocycles. The summed E-state index contributed by atoms with van der Waals surface area (Å²) in [5, 5.41) is 20.3. The third kappa shape index (κ3) is 7.08. The number of aliphatic hydroxyl groups excluding tert-OH is 1. The number of benzene rings is 5. The van der Waals surface area contributed by atoms with Crippen molar-refractivity contribution in [1.82, 2.24) is 15.5 Å². The smallest absolute Gasteiger partial charge is 0.315 e. The van der Waals surface area contributed by atoms with E-state index in [9.17, 15) is 9.90 Å². The number of fused-ring (bicyclic) bond motifs is 2. The van der Waals surface area contributed by atoms with E-state index in [1.807, 2.05) is 55.5 Å². The van der Waals surface area contributed by atoms with Crippen LogP contribution in [0, 0.1) is 5.92 Å². The van der Waals surface area contributed by atoms with Crippen molar-refractivity contribution < 1.29 is 19.4 Å². The molecule has 7 nitrogen and oxygen atoms in total. The van der Waals surface area contributed by atoms with Gasteiger partial charge in [0.05, 0.1) is 18.8 Å². The summed E-state index contributed by atoms with van der Waals surface area (Å²) in [5.41, 5.74) is 5.18. The molecule has 0 aromatic heterocycles. The number of aliphatic hydroxyl groups is 1. The average Bonchev–Trinajstić information content (AvgIpc) is 3.08. The lowest BCUT2D eigenvalue weighted by Gasteiger charge is -2.42. The number of nitrogens with one attached hydrogen (secondary N) is 2. The Labute approximate surface area is 271 Å². The van der Waals surface area contributed by atoms with Gasteiger partial charge in [-0.2, -0.15) is 0 Å². The van der Waals surface area contributed by atoms with E-state index in [0.29, 0.717) is 13.1 Å². The second-order valence-corrected chi connectivity index (χ2v) is 12.3. The van der Waals surface area contributed by atoms with Crippen LogP contribution in [0.25, 0.3) is 21.5 Å². The molecule has 2 amide bonds. The number of likely N-dealkylation sites (N-methyl/N-ethyl adjacent to an activating group) is 1. The molecule has 46 heavy (non-hydrogen) atoms. The lowest BCUT2D eigenvalue weighted by Crippen LogP contribution is -2.43. The molecule has 1 aliphatic rings.